The molecule has 1 heterocycles. The molecule has 0 atom stereocenters. The van der Waals surface area contributed by atoms with Gasteiger partial charge in [-0.15, -0.1) is 0 Å². The zero-order valence-electron chi connectivity index (χ0n) is 12.6. The molecule has 0 aliphatic heterocycles. The lowest BCUT2D eigenvalue weighted by Gasteiger charge is -2.05. The van der Waals surface area contributed by atoms with Crippen LogP contribution in [0.3, 0.4) is 0 Å². The molecule has 23 heavy (non-hydrogen) atoms. The number of halogens is 1. The van der Waals surface area contributed by atoms with Crippen molar-refractivity contribution in [1.82, 2.24) is 0 Å². The Hall–Kier alpha value is -2.51. The van der Waals surface area contributed by atoms with Gasteiger partial charge in [-0.2, -0.15) is 5.26 Å². The molecule has 2 N–H and O–H groups in total. The molecule has 0 saturated heterocycles. The van der Waals surface area contributed by atoms with Gasteiger partial charge in [-0.25, -0.2) is 0 Å². The first-order valence-corrected chi connectivity index (χ1v) is 8.00. The number of aryl methyl sites for hydroxylation is 1. The van der Waals surface area contributed by atoms with Crippen LogP contribution in [-0.4, -0.2) is 0 Å². The first-order chi connectivity index (χ1) is 11.1. The lowest BCUT2D eigenvalue weighted by molar-refractivity contribution is 0.599. The topological polar surface area (TPSA) is 62.9 Å². The normalized spacial score (nSPS) is 10.5. The summed E-state index contributed by atoms with van der Waals surface area (Å²) in [5, 5.41) is 9.44. The lowest BCUT2D eigenvalue weighted by atomic mass is 9.97. The van der Waals surface area contributed by atoms with Crippen molar-refractivity contribution in [2.45, 2.75) is 13.3 Å². The highest BCUT2D eigenvalue weighted by atomic mass is 79.9. The summed E-state index contributed by atoms with van der Waals surface area (Å²) < 4.78 is 6.69. The van der Waals surface area contributed by atoms with Gasteiger partial charge >= 0.3 is 0 Å². The second kappa shape index (κ2) is 6.31. The summed E-state index contributed by atoms with van der Waals surface area (Å²) in [6.07, 6.45) is 0.608. The van der Waals surface area contributed by atoms with Crippen LogP contribution in [0.2, 0.25) is 0 Å². The van der Waals surface area contributed by atoms with Gasteiger partial charge in [0, 0.05) is 22.0 Å². The Morgan fingerprint density at radius 1 is 1.17 bits per heavy atom. The molecule has 114 valence electrons. The first kappa shape index (κ1) is 15.4. The van der Waals surface area contributed by atoms with Crippen LogP contribution in [0, 0.1) is 18.3 Å². The minimum absolute atomic E-state index is 0.174. The van der Waals surface area contributed by atoms with E-state index in [9.17, 15) is 5.26 Å². The Bertz CT molecular complexity index is 889. The van der Waals surface area contributed by atoms with Crippen LogP contribution in [0.4, 0.5) is 5.88 Å². The molecular formula is C19H15BrN2O. The van der Waals surface area contributed by atoms with Crippen molar-refractivity contribution < 1.29 is 4.42 Å². The molecule has 3 nitrogen and oxygen atoms in total. The van der Waals surface area contributed by atoms with E-state index in [4.69, 9.17) is 10.2 Å². The molecular weight excluding hydrogens is 352 g/mol. The van der Waals surface area contributed by atoms with Crippen molar-refractivity contribution in [2.24, 2.45) is 0 Å². The van der Waals surface area contributed by atoms with Crippen molar-refractivity contribution >= 4 is 21.8 Å². The Balaban J connectivity index is 2.11. The van der Waals surface area contributed by atoms with Crippen molar-refractivity contribution in [3.63, 3.8) is 0 Å². The summed E-state index contributed by atoms with van der Waals surface area (Å²) in [6.45, 7) is 2.05. The molecule has 0 aliphatic rings. The number of nitrogen functional groups attached to an aromatic ring is 1. The third-order valence-electron chi connectivity index (χ3n) is 3.72. The molecule has 1 aromatic heterocycles. The predicted octanol–water partition coefficient (Wildman–Crippen LogP) is 5.06. The van der Waals surface area contributed by atoms with Gasteiger partial charge in [0.05, 0.1) is 0 Å². The standard InChI is InChI=1S/C19H15BrN2O/c1-12-3-2-4-13(9-12)10-16-17(11-21)19(22)23-18(16)14-5-7-15(20)8-6-14/h2-9H,10,22H2,1H3. The summed E-state index contributed by atoms with van der Waals surface area (Å²) in [5.41, 5.74) is 10.4. The third-order valence-corrected chi connectivity index (χ3v) is 4.24. The van der Waals surface area contributed by atoms with Gasteiger partial charge in [-0.3, -0.25) is 0 Å². The number of furan rings is 1. The maximum absolute atomic E-state index is 9.44. The van der Waals surface area contributed by atoms with Gasteiger partial charge in [0.15, 0.2) is 0 Å². The van der Waals surface area contributed by atoms with Crippen molar-refractivity contribution in [2.75, 3.05) is 5.73 Å². The quantitative estimate of drug-likeness (QED) is 0.704. The van der Waals surface area contributed by atoms with Gasteiger partial charge in [0.2, 0.25) is 5.88 Å². The maximum Gasteiger partial charge on any atom is 0.209 e. The van der Waals surface area contributed by atoms with E-state index >= 15 is 0 Å². The minimum Gasteiger partial charge on any atom is -0.439 e. The second-order valence-electron chi connectivity index (χ2n) is 5.43. The van der Waals surface area contributed by atoms with E-state index in [2.05, 4.69) is 28.1 Å². The molecule has 0 spiro atoms. The van der Waals surface area contributed by atoms with Crippen LogP contribution in [0.15, 0.2) is 57.4 Å². The number of nitriles is 1. The molecule has 0 bridgehead atoms. The van der Waals surface area contributed by atoms with Crippen LogP contribution in [0.25, 0.3) is 11.3 Å². The number of anilines is 1. The Kier molecular flexibility index (Phi) is 4.22. The summed E-state index contributed by atoms with van der Waals surface area (Å²) in [6, 6.07) is 18.2. The van der Waals surface area contributed by atoms with Gasteiger partial charge < -0.3 is 10.2 Å². The fourth-order valence-corrected chi connectivity index (χ4v) is 2.90. The fraction of sp³-hybridized carbons (Fsp3) is 0.105. The number of nitrogens with two attached hydrogens (primary N) is 1. The average molecular weight is 367 g/mol. The second-order valence-corrected chi connectivity index (χ2v) is 6.35. The highest BCUT2D eigenvalue weighted by Gasteiger charge is 2.20. The molecule has 4 heteroatoms. The number of rotatable bonds is 3. The van der Waals surface area contributed by atoms with Crippen molar-refractivity contribution in [3.05, 3.63) is 75.3 Å². The Morgan fingerprint density at radius 2 is 1.91 bits per heavy atom. The monoisotopic (exact) mass is 366 g/mol. The highest BCUT2D eigenvalue weighted by molar-refractivity contribution is 9.10. The molecule has 0 unspecified atom stereocenters. The summed E-state index contributed by atoms with van der Waals surface area (Å²) in [7, 11) is 0. The average Bonchev–Trinajstić information content (AvgIpc) is 2.84. The molecule has 0 amide bonds. The molecule has 3 aromatic rings. The number of hydrogen-bond acceptors (Lipinski definition) is 3. The van der Waals surface area contributed by atoms with Gasteiger partial charge in [-0.1, -0.05) is 57.9 Å². The smallest absolute Gasteiger partial charge is 0.209 e. The van der Waals surface area contributed by atoms with Gasteiger partial charge in [-0.05, 0) is 24.6 Å². The Morgan fingerprint density at radius 3 is 2.57 bits per heavy atom. The molecule has 0 aliphatic carbocycles. The minimum atomic E-state index is 0.174. The molecule has 0 fully saturated rings. The van der Waals surface area contributed by atoms with E-state index in [1.165, 1.54) is 5.56 Å². The van der Waals surface area contributed by atoms with Crippen molar-refractivity contribution in [3.8, 4) is 17.4 Å². The van der Waals surface area contributed by atoms with Gasteiger partial charge in [0.1, 0.15) is 17.4 Å². The molecule has 0 radical (unpaired) electrons. The van der Waals surface area contributed by atoms with Crippen LogP contribution in [-0.2, 0) is 6.42 Å². The van der Waals surface area contributed by atoms with Gasteiger partial charge in [0.25, 0.3) is 0 Å². The third kappa shape index (κ3) is 3.15. The SMILES string of the molecule is Cc1cccc(Cc2c(-c3ccc(Br)cc3)oc(N)c2C#N)c1. The van der Waals surface area contributed by atoms with E-state index in [0.717, 1.165) is 21.2 Å². The van der Waals surface area contributed by atoms with Crippen LogP contribution < -0.4 is 5.73 Å². The zero-order valence-corrected chi connectivity index (χ0v) is 14.2. The summed E-state index contributed by atoms with van der Waals surface area (Å²) >= 11 is 3.42. The van der Waals surface area contributed by atoms with E-state index in [-0.39, 0.29) is 5.88 Å². The van der Waals surface area contributed by atoms with E-state index in [0.29, 0.717) is 17.7 Å². The molecule has 3 rings (SSSR count). The molecule has 2 aromatic carbocycles. The Labute approximate surface area is 143 Å². The summed E-state index contributed by atoms with van der Waals surface area (Å²) in [5.74, 6) is 0.834. The number of hydrogen-bond donors (Lipinski definition) is 1. The zero-order chi connectivity index (χ0) is 16.4. The fourth-order valence-electron chi connectivity index (χ4n) is 2.64. The van der Waals surface area contributed by atoms with Crippen LogP contribution in [0.5, 0.6) is 0 Å². The maximum atomic E-state index is 9.44. The van der Waals surface area contributed by atoms with Crippen LogP contribution >= 0.6 is 15.9 Å². The lowest BCUT2D eigenvalue weighted by Crippen LogP contribution is -1.94. The predicted molar refractivity (Wildman–Crippen MR) is 95.0 cm³/mol. The number of benzene rings is 2. The highest BCUT2D eigenvalue weighted by Crippen LogP contribution is 2.35. The summed E-state index contributed by atoms with van der Waals surface area (Å²) in [4.78, 5) is 0. The largest absolute Gasteiger partial charge is 0.439 e. The van der Waals surface area contributed by atoms with E-state index in [1.54, 1.807) is 0 Å². The van der Waals surface area contributed by atoms with Crippen molar-refractivity contribution in [1.29, 1.82) is 5.26 Å². The van der Waals surface area contributed by atoms with Crippen LogP contribution in [0.1, 0.15) is 22.3 Å². The molecule has 0 saturated carbocycles. The first-order valence-electron chi connectivity index (χ1n) is 7.21. The van der Waals surface area contributed by atoms with E-state index < -0.39 is 0 Å². The van der Waals surface area contributed by atoms with E-state index in [1.807, 2.05) is 49.4 Å². The number of nitrogens with zero attached hydrogens (tertiary/aromatic N) is 1.